The maximum absolute atomic E-state index is 13.4. The van der Waals surface area contributed by atoms with Crippen molar-refractivity contribution in [1.29, 1.82) is 0 Å². The van der Waals surface area contributed by atoms with E-state index in [9.17, 15) is 17.2 Å². The molecule has 1 aromatic heterocycles. The summed E-state index contributed by atoms with van der Waals surface area (Å²) in [6.07, 6.45) is 2.09. The van der Waals surface area contributed by atoms with Gasteiger partial charge in [-0.25, -0.2) is 18.4 Å². The lowest BCUT2D eigenvalue weighted by atomic mass is 9.73. The fraction of sp³-hybridized carbons (Fsp3) is 0.778. The van der Waals surface area contributed by atoms with Crippen LogP contribution in [0.15, 0.2) is 11.1 Å². The Labute approximate surface area is 164 Å². The fourth-order valence-corrected chi connectivity index (χ4v) is 6.24. The lowest BCUT2D eigenvalue weighted by molar-refractivity contribution is -0.106. The second-order valence-corrected chi connectivity index (χ2v) is 10.5. The number of halogens is 2. The molecule has 3 aliphatic heterocycles. The third-order valence-electron chi connectivity index (χ3n) is 6.27. The Morgan fingerprint density at radius 3 is 2.54 bits per heavy atom. The first-order valence-electron chi connectivity index (χ1n) is 9.56. The lowest BCUT2D eigenvalue weighted by Crippen LogP contribution is -2.74. The lowest BCUT2D eigenvalue weighted by Gasteiger charge is -2.61. The predicted octanol–water partition coefficient (Wildman–Crippen LogP) is 1.63. The van der Waals surface area contributed by atoms with Crippen molar-refractivity contribution in [3.8, 4) is 0 Å². The van der Waals surface area contributed by atoms with Gasteiger partial charge in [0, 0.05) is 51.2 Å². The van der Waals surface area contributed by atoms with Crippen LogP contribution < -0.4 is 0 Å². The molecule has 10 heteroatoms. The zero-order valence-electron chi connectivity index (χ0n) is 16.4. The highest BCUT2D eigenvalue weighted by Gasteiger charge is 2.56. The van der Waals surface area contributed by atoms with Crippen molar-refractivity contribution in [1.82, 2.24) is 19.2 Å². The number of ether oxygens (including phenoxy) is 1. The normalized spacial score (nSPS) is 26.8. The number of alkyl halides is 2. The Morgan fingerprint density at radius 1 is 1.32 bits per heavy atom. The zero-order chi connectivity index (χ0) is 20.3. The number of sulfonamides is 1. The summed E-state index contributed by atoms with van der Waals surface area (Å²) in [6, 6.07) is 0.442. The first kappa shape index (κ1) is 20.1. The highest BCUT2D eigenvalue weighted by Crippen LogP contribution is 2.44. The van der Waals surface area contributed by atoms with Crippen molar-refractivity contribution < 1.29 is 21.9 Å². The molecule has 7 nitrogen and oxygen atoms in total. The summed E-state index contributed by atoms with van der Waals surface area (Å²) in [5, 5.41) is 0. The largest absolute Gasteiger partial charge is 0.381 e. The number of rotatable bonds is 5. The molecule has 28 heavy (non-hydrogen) atoms. The van der Waals surface area contributed by atoms with Gasteiger partial charge in [0.25, 0.3) is 0 Å². The van der Waals surface area contributed by atoms with Crippen molar-refractivity contribution >= 4 is 10.0 Å². The Kier molecular flexibility index (Phi) is 4.76. The van der Waals surface area contributed by atoms with Crippen LogP contribution >= 0.6 is 0 Å². The van der Waals surface area contributed by atoms with Crippen molar-refractivity contribution in [2.45, 2.75) is 44.1 Å². The van der Waals surface area contributed by atoms with Gasteiger partial charge < -0.3 is 4.74 Å². The summed E-state index contributed by atoms with van der Waals surface area (Å²) in [7, 11) is -3.77. The first-order chi connectivity index (χ1) is 13.0. The summed E-state index contributed by atoms with van der Waals surface area (Å²) in [5.74, 6) is -3.32. The molecule has 0 bridgehead atoms. The van der Waals surface area contributed by atoms with Gasteiger partial charge >= 0.3 is 5.92 Å². The van der Waals surface area contributed by atoms with Gasteiger partial charge in [-0.05, 0) is 26.2 Å². The molecule has 0 N–H and O–H groups in total. The van der Waals surface area contributed by atoms with Crippen molar-refractivity contribution in [2.24, 2.45) is 11.3 Å². The van der Waals surface area contributed by atoms with Crippen molar-refractivity contribution in [3.05, 3.63) is 17.7 Å². The number of aromatic nitrogens is 2. The third kappa shape index (κ3) is 3.34. The molecule has 3 saturated heterocycles. The highest BCUT2D eigenvalue weighted by atomic mass is 32.2. The van der Waals surface area contributed by atoms with Gasteiger partial charge in [-0.2, -0.15) is 13.1 Å². The van der Waals surface area contributed by atoms with Crippen LogP contribution in [0.1, 0.15) is 31.8 Å². The smallest absolute Gasteiger partial charge is 0.303 e. The molecule has 0 radical (unpaired) electrons. The van der Waals surface area contributed by atoms with E-state index < -0.39 is 21.8 Å². The summed E-state index contributed by atoms with van der Waals surface area (Å²) in [4.78, 5) is 9.60. The average molecular weight is 416 g/mol. The van der Waals surface area contributed by atoms with Gasteiger partial charge in [0.2, 0.25) is 10.0 Å². The Hall–Kier alpha value is -1.23. The van der Waals surface area contributed by atoms with Crippen LogP contribution in [0.25, 0.3) is 0 Å². The number of likely N-dealkylation sites (tertiary alicyclic amines) is 1. The molecule has 0 amide bonds. The fourth-order valence-electron chi connectivity index (χ4n) is 4.47. The summed E-state index contributed by atoms with van der Waals surface area (Å²) < 4.78 is 59.4. The van der Waals surface area contributed by atoms with Crippen molar-refractivity contribution in [3.63, 3.8) is 0 Å². The van der Waals surface area contributed by atoms with Crippen LogP contribution in [0.4, 0.5) is 8.78 Å². The molecule has 0 unspecified atom stereocenters. The van der Waals surface area contributed by atoms with Gasteiger partial charge in [0.15, 0.2) is 5.82 Å². The first-order valence-corrected chi connectivity index (χ1v) is 11.0. The Bertz CT molecular complexity index is 854. The van der Waals surface area contributed by atoms with Crippen LogP contribution in [0.5, 0.6) is 0 Å². The molecule has 0 saturated carbocycles. The number of hydrogen-bond acceptors (Lipinski definition) is 6. The average Bonchev–Trinajstić information content (AvgIpc) is 3.04. The number of nitrogens with zero attached hydrogens (tertiary/aromatic N) is 4. The number of aryl methyl sites for hydroxylation is 1. The zero-order valence-corrected chi connectivity index (χ0v) is 17.2. The van der Waals surface area contributed by atoms with E-state index in [0.29, 0.717) is 32.0 Å². The topological polar surface area (TPSA) is 75.6 Å². The molecular weight excluding hydrogens is 390 g/mol. The molecule has 156 valence electrons. The molecule has 3 fully saturated rings. The second kappa shape index (κ2) is 6.65. The maximum atomic E-state index is 13.4. The minimum absolute atomic E-state index is 0.00590. The quantitative estimate of drug-likeness (QED) is 0.726. The second-order valence-electron chi connectivity index (χ2n) is 8.57. The van der Waals surface area contributed by atoms with Crippen LogP contribution in [0.3, 0.4) is 0 Å². The van der Waals surface area contributed by atoms with E-state index >= 15 is 0 Å². The summed E-state index contributed by atoms with van der Waals surface area (Å²) in [6.45, 7) is 8.62. The van der Waals surface area contributed by atoms with E-state index in [4.69, 9.17) is 4.74 Å². The molecule has 0 aromatic carbocycles. The molecule has 4 heterocycles. The summed E-state index contributed by atoms with van der Waals surface area (Å²) >= 11 is 0. The van der Waals surface area contributed by atoms with E-state index in [1.807, 2.05) is 0 Å². The van der Waals surface area contributed by atoms with Crippen LogP contribution in [-0.2, 0) is 20.7 Å². The highest BCUT2D eigenvalue weighted by molar-refractivity contribution is 7.89. The Balaban J connectivity index is 1.39. The van der Waals surface area contributed by atoms with Crippen LogP contribution in [0, 0.1) is 18.3 Å². The SMILES string of the molecule is Cc1nc(C(C)(F)F)ncc1S(=O)(=O)N1CC2(CN([C@@H](C)[C@@H]3CCOC3)C2)C1. The summed E-state index contributed by atoms with van der Waals surface area (Å²) in [5.41, 5.74) is 0.0592. The molecular formula is C18H26F2N4O3S. The van der Waals surface area contributed by atoms with Crippen LogP contribution in [-0.4, -0.2) is 73.0 Å². The van der Waals surface area contributed by atoms with Gasteiger partial charge in [0.05, 0.1) is 18.5 Å². The minimum Gasteiger partial charge on any atom is -0.381 e. The van der Waals surface area contributed by atoms with Crippen LogP contribution in [0.2, 0.25) is 0 Å². The monoisotopic (exact) mass is 416 g/mol. The van der Waals surface area contributed by atoms with E-state index in [2.05, 4.69) is 21.8 Å². The maximum Gasteiger partial charge on any atom is 0.303 e. The molecule has 0 aliphatic carbocycles. The van der Waals surface area contributed by atoms with E-state index in [1.165, 1.54) is 11.2 Å². The predicted molar refractivity (Wildman–Crippen MR) is 97.5 cm³/mol. The van der Waals surface area contributed by atoms with Gasteiger partial charge in [-0.1, -0.05) is 0 Å². The van der Waals surface area contributed by atoms with Gasteiger partial charge in [-0.15, -0.1) is 0 Å². The third-order valence-corrected chi connectivity index (χ3v) is 8.16. The van der Waals surface area contributed by atoms with Crippen molar-refractivity contribution in [2.75, 3.05) is 39.4 Å². The molecule has 2 atom stereocenters. The van der Waals surface area contributed by atoms with Gasteiger partial charge in [-0.3, -0.25) is 4.90 Å². The molecule has 1 aromatic rings. The Morgan fingerprint density at radius 2 is 2.00 bits per heavy atom. The molecule has 4 rings (SSSR count). The van der Waals surface area contributed by atoms with E-state index in [1.54, 1.807) is 0 Å². The standard InChI is InChI=1S/C18H26F2N4O3S/c1-12-15(6-21-16(22-12)17(3,19)20)28(25,26)24-10-18(11-24)8-23(9-18)13(2)14-4-5-27-7-14/h6,13-14H,4-5,7-11H2,1-3H3/t13-,14+/m0/s1. The van der Waals surface area contributed by atoms with E-state index in [0.717, 1.165) is 38.9 Å². The molecule has 3 aliphatic rings. The molecule has 1 spiro atoms. The number of hydrogen-bond donors (Lipinski definition) is 0. The van der Waals surface area contributed by atoms with Gasteiger partial charge in [0.1, 0.15) is 4.90 Å². The van der Waals surface area contributed by atoms with E-state index in [-0.39, 0.29) is 16.0 Å². The minimum atomic E-state index is -3.77.